The van der Waals surface area contributed by atoms with Gasteiger partial charge in [0.2, 0.25) is 0 Å². The van der Waals surface area contributed by atoms with E-state index in [0.29, 0.717) is 5.02 Å². The number of halogens is 1. The highest BCUT2D eigenvalue weighted by atomic mass is 35.5. The fourth-order valence-electron chi connectivity index (χ4n) is 3.36. The molecule has 146 valence electrons. The molecule has 0 saturated carbocycles. The minimum Gasteiger partial charge on any atom is -0.459 e. The average Bonchev–Trinajstić information content (AvgIpc) is 3.10. The molecule has 1 heterocycles. The van der Waals surface area contributed by atoms with Crippen LogP contribution in [0.15, 0.2) is 60.8 Å². The Kier molecular flexibility index (Phi) is 6.58. The number of ether oxygens (including phenoxy) is 1. The summed E-state index contributed by atoms with van der Waals surface area (Å²) in [6.07, 6.45) is 2.70. The summed E-state index contributed by atoms with van der Waals surface area (Å²) >= 11 is 5.98. The Balaban J connectivity index is 1.67. The van der Waals surface area contributed by atoms with Gasteiger partial charge in [0.05, 0.1) is 11.6 Å². The number of aromatic amines is 1. The molecule has 0 aliphatic rings. The number of rotatable bonds is 7. The molecule has 3 aromatic rings. The van der Waals surface area contributed by atoms with Crippen molar-refractivity contribution in [3.05, 3.63) is 93.8 Å². The molecule has 4 heteroatoms. The summed E-state index contributed by atoms with van der Waals surface area (Å²) in [7, 11) is 0. The largest absolute Gasteiger partial charge is 0.459 e. The van der Waals surface area contributed by atoms with Gasteiger partial charge in [0, 0.05) is 11.2 Å². The molecular weight excluding hydrogens is 370 g/mol. The molecule has 0 radical (unpaired) electrons. The second kappa shape index (κ2) is 9.11. The van der Waals surface area contributed by atoms with E-state index in [9.17, 15) is 4.79 Å². The molecule has 3 nitrogen and oxygen atoms in total. The number of nitrogens with one attached hydrogen (secondary N) is 1. The number of H-pyrrole nitrogens is 1. The van der Waals surface area contributed by atoms with Crippen LogP contribution in [0, 0.1) is 12.8 Å². The summed E-state index contributed by atoms with van der Waals surface area (Å²) in [4.78, 5) is 16.0. The summed E-state index contributed by atoms with van der Waals surface area (Å²) in [6, 6.07) is 17.9. The molecule has 3 rings (SSSR count). The van der Waals surface area contributed by atoms with Crippen LogP contribution >= 0.6 is 11.6 Å². The normalized spacial score (nSPS) is 12.2. The van der Waals surface area contributed by atoms with Crippen LogP contribution in [-0.4, -0.2) is 11.0 Å². The minimum absolute atomic E-state index is 0.129. The van der Waals surface area contributed by atoms with E-state index in [1.807, 2.05) is 50.4 Å². The van der Waals surface area contributed by atoms with Crippen LogP contribution in [0.4, 0.5) is 0 Å². The molecule has 0 spiro atoms. The average molecular weight is 396 g/mol. The maximum atomic E-state index is 12.8. The Bertz CT molecular complexity index is 911. The van der Waals surface area contributed by atoms with Crippen molar-refractivity contribution in [1.29, 1.82) is 0 Å². The van der Waals surface area contributed by atoms with Gasteiger partial charge in [0.15, 0.2) is 0 Å². The fraction of sp³-hybridized carbons (Fsp3) is 0.292. The molecule has 0 saturated heterocycles. The fourth-order valence-corrected chi connectivity index (χ4v) is 3.48. The van der Waals surface area contributed by atoms with Gasteiger partial charge in [-0.15, -0.1) is 0 Å². The molecule has 1 atom stereocenters. The number of carbonyl (C=O) groups excluding carboxylic acids is 1. The number of esters is 1. The van der Waals surface area contributed by atoms with Crippen molar-refractivity contribution in [2.24, 2.45) is 5.92 Å². The zero-order valence-corrected chi connectivity index (χ0v) is 17.3. The van der Waals surface area contributed by atoms with Gasteiger partial charge >= 0.3 is 5.97 Å². The number of benzene rings is 2. The first-order valence-corrected chi connectivity index (χ1v) is 9.94. The van der Waals surface area contributed by atoms with Crippen LogP contribution in [0.3, 0.4) is 0 Å². The van der Waals surface area contributed by atoms with E-state index in [2.05, 4.69) is 36.2 Å². The molecule has 1 N–H and O–H groups in total. The summed E-state index contributed by atoms with van der Waals surface area (Å²) < 4.78 is 5.69. The van der Waals surface area contributed by atoms with Crippen LogP contribution in [0.2, 0.25) is 5.02 Å². The summed E-state index contributed by atoms with van der Waals surface area (Å²) in [5, 5.41) is 0.659. The van der Waals surface area contributed by atoms with Gasteiger partial charge in [0.25, 0.3) is 0 Å². The molecule has 2 aromatic carbocycles. The number of hydrogen-bond acceptors (Lipinski definition) is 2. The number of aryl methyl sites for hydroxylation is 1. The van der Waals surface area contributed by atoms with Crippen molar-refractivity contribution < 1.29 is 9.53 Å². The minimum atomic E-state index is -0.312. The van der Waals surface area contributed by atoms with Crippen LogP contribution in [0.25, 0.3) is 0 Å². The molecular formula is C24H26ClNO2. The molecule has 1 unspecified atom stereocenters. The maximum absolute atomic E-state index is 12.8. The third-order valence-corrected chi connectivity index (χ3v) is 5.21. The predicted octanol–water partition coefficient (Wildman–Crippen LogP) is 6.05. The Morgan fingerprint density at radius 1 is 1.04 bits per heavy atom. The van der Waals surface area contributed by atoms with Crippen molar-refractivity contribution >= 4 is 17.6 Å². The van der Waals surface area contributed by atoms with E-state index < -0.39 is 0 Å². The topological polar surface area (TPSA) is 42.1 Å². The first-order chi connectivity index (χ1) is 13.4. The SMILES string of the molecule is Cc1ccc(Cc2cc[nH]c2COC(=O)C(c2ccc(Cl)cc2)C(C)C)cc1. The lowest BCUT2D eigenvalue weighted by Gasteiger charge is -2.20. The molecule has 0 aliphatic carbocycles. The van der Waals surface area contributed by atoms with Crippen molar-refractivity contribution in [3.63, 3.8) is 0 Å². The second-order valence-electron chi connectivity index (χ2n) is 7.52. The number of aromatic nitrogens is 1. The third-order valence-electron chi connectivity index (χ3n) is 4.95. The Labute approximate surface area is 171 Å². The highest BCUT2D eigenvalue weighted by Gasteiger charge is 2.26. The second-order valence-corrected chi connectivity index (χ2v) is 7.96. The van der Waals surface area contributed by atoms with Crippen LogP contribution < -0.4 is 0 Å². The van der Waals surface area contributed by atoms with E-state index >= 15 is 0 Å². The molecule has 1 aromatic heterocycles. The quantitative estimate of drug-likeness (QED) is 0.495. The standard InChI is InChI=1S/C24H26ClNO2/c1-16(2)23(19-8-10-21(25)11-9-19)24(27)28-15-22-20(12-13-26-22)14-18-6-4-17(3)5-7-18/h4-13,16,23,26H,14-15H2,1-3H3. The molecule has 0 fully saturated rings. The van der Waals surface area contributed by atoms with Crippen LogP contribution in [0.1, 0.15) is 47.7 Å². The smallest absolute Gasteiger partial charge is 0.314 e. The van der Waals surface area contributed by atoms with E-state index in [1.54, 1.807) is 0 Å². The van der Waals surface area contributed by atoms with Gasteiger partial charge in [0.1, 0.15) is 6.61 Å². The van der Waals surface area contributed by atoms with Gasteiger partial charge < -0.3 is 9.72 Å². The first kappa shape index (κ1) is 20.2. The van der Waals surface area contributed by atoms with Crippen molar-refractivity contribution in [3.8, 4) is 0 Å². The zero-order valence-electron chi connectivity index (χ0n) is 16.5. The monoisotopic (exact) mass is 395 g/mol. The van der Waals surface area contributed by atoms with Crippen molar-refractivity contribution in [1.82, 2.24) is 4.98 Å². The Hall–Kier alpha value is -2.52. The Morgan fingerprint density at radius 3 is 2.36 bits per heavy atom. The van der Waals surface area contributed by atoms with Crippen LogP contribution in [-0.2, 0) is 22.6 Å². The number of hydrogen-bond donors (Lipinski definition) is 1. The highest BCUT2D eigenvalue weighted by molar-refractivity contribution is 6.30. The van der Waals surface area contributed by atoms with Crippen LogP contribution in [0.5, 0.6) is 0 Å². The third kappa shape index (κ3) is 5.05. The molecule has 0 amide bonds. The first-order valence-electron chi connectivity index (χ1n) is 9.57. The summed E-state index contributed by atoms with van der Waals surface area (Å²) in [5.74, 6) is -0.398. The summed E-state index contributed by atoms with van der Waals surface area (Å²) in [6.45, 7) is 6.37. The van der Waals surface area contributed by atoms with Gasteiger partial charge in [-0.3, -0.25) is 4.79 Å². The predicted molar refractivity (Wildman–Crippen MR) is 114 cm³/mol. The van der Waals surface area contributed by atoms with E-state index in [4.69, 9.17) is 16.3 Å². The van der Waals surface area contributed by atoms with Crippen molar-refractivity contribution in [2.75, 3.05) is 0 Å². The van der Waals surface area contributed by atoms with Gasteiger partial charge in [-0.2, -0.15) is 0 Å². The summed E-state index contributed by atoms with van der Waals surface area (Å²) in [5.41, 5.74) is 5.49. The number of carbonyl (C=O) groups is 1. The van der Waals surface area contributed by atoms with E-state index in [1.165, 1.54) is 11.1 Å². The zero-order chi connectivity index (χ0) is 20.1. The lowest BCUT2D eigenvalue weighted by molar-refractivity contribution is -0.148. The lowest BCUT2D eigenvalue weighted by Crippen LogP contribution is -2.21. The van der Waals surface area contributed by atoms with E-state index in [0.717, 1.165) is 23.2 Å². The lowest BCUT2D eigenvalue weighted by atomic mass is 9.88. The Morgan fingerprint density at radius 2 is 1.71 bits per heavy atom. The van der Waals surface area contributed by atoms with Crippen molar-refractivity contribution in [2.45, 2.75) is 39.7 Å². The van der Waals surface area contributed by atoms with Gasteiger partial charge in [-0.1, -0.05) is 67.4 Å². The highest BCUT2D eigenvalue weighted by Crippen LogP contribution is 2.27. The van der Waals surface area contributed by atoms with Gasteiger partial charge in [-0.25, -0.2) is 0 Å². The maximum Gasteiger partial charge on any atom is 0.314 e. The molecule has 0 bridgehead atoms. The molecule has 28 heavy (non-hydrogen) atoms. The molecule has 0 aliphatic heterocycles. The van der Waals surface area contributed by atoms with E-state index in [-0.39, 0.29) is 24.4 Å². The van der Waals surface area contributed by atoms with Gasteiger partial charge in [-0.05, 0) is 54.2 Å².